The third kappa shape index (κ3) is 3.98. The Bertz CT molecular complexity index is 490. The van der Waals surface area contributed by atoms with E-state index in [0.29, 0.717) is 6.42 Å². The number of hydrogen-bond acceptors (Lipinski definition) is 3. The second kappa shape index (κ2) is 6.95. The van der Waals surface area contributed by atoms with Gasteiger partial charge in [-0.15, -0.1) is 0 Å². The summed E-state index contributed by atoms with van der Waals surface area (Å²) in [5.41, 5.74) is 5.40. The van der Waals surface area contributed by atoms with Gasteiger partial charge in [-0.2, -0.15) is 0 Å². The highest BCUT2D eigenvalue weighted by Gasteiger charge is 2.26. The molecule has 0 spiro atoms. The number of amides is 1. The molecule has 1 amide bonds. The summed E-state index contributed by atoms with van der Waals surface area (Å²) in [5, 5.41) is 12.4. The maximum Gasteiger partial charge on any atom is 0.223 e. The molecule has 3 atom stereocenters. The van der Waals surface area contributed by atoms with Crippen molar-refractivity contribution in [2.75, 3.05) is 6.54 Å². The first-order chi connectivity index (χ1) is 9.99. The average Bonchev–Trinajstić information content (AvgIpc) is 2.44. The fourth-order valence-corrected chi connectivity index (χ4v) is 2.74. The Morgan fingerprint density at radius 3 is 2.67 bits per heavy atom. The van der Waals surface area contributed by atoms with Crippen LogP contribution in [-0.4, -0.2) is 23.6 Å². The SMILES string of the molecule is N[C@@H]1CCC[C@@H](C(=O)NC[C@@H](O)c2c(F)cccc2F)C1. The standard InChI is InChI=1S/C15H20F2N2O2/c16-11-5-2-6-12(17)14(11)13(20)8-19-15(21)9-3-1-4-10(18)7-9/h2,5-6,9-10,13,20H,1,3-4,7-8,18H2,(H,19,21)/t9-,10-,13-/m1/s1. The van der Waals surface area contributed by atoms with Crippen molar-refractivity contribution in [1.29, 1.82) is 0 Å². The molecule has 2 rings (SSSR count). The molecule has 4 nitrogen and oxygen atoms in total. The molecule has 0 saturated heterocycles. The predicted molar refractivity (Wildman–Crippen MR) is 74.3 cm³/mol. The number of carbonyl (C=O) groups is 1. The second-order valence-corrected chi connectivity index (χ2v) is 5.52. The van der Waals surface area contributed by atoms with Crippen molar-refractivity contribution in [2.45, 2.75) is 37.8 Å². The maximum absolute atomic E-state index is 13.5. The van der Waals surface area contributed by atoms with Gasteiger partial charge in [0, 0.05) is 18.5 Å². The molecule has 4 N–H and O–H groups in total. The van der Waals surface area contributed by atoms with Crippen LogP contribution >= 0.6 is 0 Å². The monoisotopic (exact) mass is 298 g/mol. The second-order valence-electron chi connectivity index (χ2n) is 5.52. The summed E-state index contributed by atoms with van der Waals surface area (Å²) in [6.07, 6.45) is 1.75. The number of nitrogens with one attached hydrogen (secondary N) is 1. The zero-order valence-electron chi connectivity index (χ0n) is 11.7. The number of halogens is 2. The molecule has 1 fully saturated rings. The van der Waals surface area contributed by atoms with Crippen LogP contribution in [0.1, 0.15) is 37.4 Å². The molecule has 21 heavy (non-hydrogen) atoms. The van der Waals surface area contributed by atoms with Crippen LogP contribution < -0.4 is 11.1 Å². The largest absolute Gasteiger partial charge is 0.386 e. The van der Waals surface area contributed by atoms with E-state index in [9.17, 15) is 18.7 Å². The minimum atomic E-state index is -1.41. The van der Waals surface area contributed by atoms with Crippen LogP contribution in [0.4, 0.5) is 8.78 Å². The number of aliphatic hydroxyl groups excluding tert-OH is 1. The van der Waals surface area contributed by atoms with Crippen LogP contribution in [0.25, 0.3) is 0 Å². The molecule has 1 aromatic rings. The number of carbonyl (C=O) groups excluding carboxylic acids is 1. The van der Waals surface area contributed by atoms with Crippen LogP contribution in [0.3, 0.4) is 0 Å². The number of rotatable bonds is 4. The van der Waals surface area contributed by atoms with E-state index < -0.39 is 23.3 Å². The van der Waals surface area contributed by atoms with E-state index in [4.69, 9.17) is 5.73 Å². The highest BCUT2D eigenvalue weighted by molar-refractivity contribution is 5.78. The lowest BCUT2D eigenvalue weighted by Crippen LogP contribution is -2.39. The van der Waals surface area contributed by atoms with E-state index in [1.165, 1.54) is 6.07 Å². The predicted octanol–water partition coefficient (Wildman–Crippen LogP) is 1.63. The Balaban J connectivity index is 1.91. The Kier molecular flexibility index (Phi) is 5.25. The van der Waals surface area contributed by atoms with Gasteiger partial charge in [0.2, 0.25) is 5.91 Å². The van der Waals surface area contributed by atoms with Crippen molar-refractivity contribution in [3.8, 4) is 0 Å². The summed E-state index contributed by atoms with van der Waals surface area (Å²) in [6.45, 7) is -0.220. The van der Waals surface area contributed by atoms with Gasteiger partial charge in [-0.25, -0.2) is 8.78 Å². The van der Waals surface area contributed by atoms with Gasteiger partial charge in [0.1, 0.15) is 17.7 Å². The van der Waals surface area contributed by atoms with Crippen molar-refractivity contribution < 1.29 is 18.7 Å². The molecule has 6 heteroatoms. The van der Waals surface area contributed by atoms with Crippen molar-refractivity contribution in [1.82, 2.24) is 5.32 Å². The number of hydrogen-bond donors (Lipinski definition) is 3. The zero-order valence-corrected chi connectivity index (χ0v) is 11.7. The lowest BCUT2D eigenvalue weighted by Gasteiger charge is -2.26. The van der Waals surface area contributed by atoms with Crippen molar-refractivity contribution in [3.05, 3.63) is 35.4 Å². The van der Waals surface area contributed by atoms with Gasteiger partial charge in [0.15, 0.2) is 0 Å². The minimum absolute atomic E-state index is 0.0171. The quantitative estimate of drug-likeness (QED) is 0.791. The van der Waals surface area contributed by atoms with E-state index in [-0.39, 0.29) is 24.4 Å². The third-order valence-electron chi connectivity index (χ3n) is 3.89. The molecule has 0 radical (unpaired) electrons. The molecule has 0 aromatic heterocycles. The number of nitrogens with two attached hydrogens (primary N) is 1. The van der Waals surface area contributed by atoms with E-state index in [0.717, 1.165) is 31.4 Å². The van der Waals surface area contributed by atoms with Gasteiger partial charge in [-0.05, 0) is 31.4 Å². The highest BCUT2D eigenvalue weighted by atomic mass is 19.1. The summed E-state index contributed by atoms with van der Waals surface area (Å²) >= 11 is 0. The van der Waals surface area contributed by atoms with Gasteiger partial charge >= 0.3 is 0 Å². The first kappa shape index (κ1) is 15.9. The molecule has 0 bridgehead atoms. The molecule has 1 aliphatic carbocycles. The van der Waals surface area contributed by atoms with Crippen LogP contribution in [0.2, 0.25) is 0 Å². The third-order valence-corrected chi connectivity index (χ3v) is 3.89. The van der Waals surface area contributed by atoms with Gasteiger partial charge in [0.05, 0.1) is 5.56 Å². The van der Waals surface area contributed by atoms with Gasteiger partial charge in [-0.3, -0.25) is 4.79 Å². The summed E-state index contributed by atoms with van der Waals surface area (Å²) < 4.78 is 27.0. The topological polar surface area (TPSA) is 75.4 Å². The van der Waals surface area contributed by atoms with E-state index >= 15 is 0 Å². The number of aliphatic hydroxyl groups is 1. The molecule has 1 aliphatic rings. The zero-order chi connectivity index (χ0) is 15.4. The lowest BCUT2D eigenvalue weighted by molar-refractivity contribution is -0.126. The first-order valence-electron chi connectivity index (χ1n) is 7.14. The molecule has 0 heterocycles. The Morgan fingerprint density at radius 2 is 2.05 bits per heavy atom. The van der Waals surface area contributed by atoms with Gasteiger partial charge in [0.25, 0.3) is 0 Å². The fourth-order valence-electron chi connectivity index (χ4n) is 2.74. The van der Waals surface area contributed by atoms with Crippen molar-refractivity contribution >= 4 is 5.91 Å². The molecular weight excluding hydrogens is 278 g/mol. The molecular formula is C15H20F2N2O2. The van der Waals surface area contributed by atoms with Gasteiger partial charge in [-0.1, -0.05) is 12.5 Å². The Labute approximate surface area is 122 Å². The summed E-state index contributed by atoms with van der Waals surface area (Å²) in [4.78, 5) is 12.0. The molecule has 1 aromatic carbocycles. The fraction of sp³-hybridized carbons (Fsp3) is 0.533. The normalized spacial score (nSPS) is 23.6. The molecule has 1 saturated carbocycles. The van der Waals surface area contributed by atoms with Crippen LogP contribution in [0.15, 0.2) is 18.2 Å². The van der Waals surface area contributed by atoms with Crippen molar-refractivity contribution in [3.63, 3.8) is 0 Å². The molecule has 0 aliphatic heterocycles. The maximum atomic E-state index is 13.5. The number of benzene rings is 1. The first-order valence-corrected chi connectivity index (χ1v) is 7.14. The van der Waals surface area contributed by atoms with Crippen LogP contribution in [0.5, 0.6) is 0 Å². The van der Waals surface area contributed by atoms with E-state index in [2.05, 4.69) is 5.32 Å². The van der Waals surface area contributed by atoms with E-state index in [1.54, 1.807) is 0 Å². The Morgan fingerprint density at radius 1 is 1.38 bits per heavy atom. The summed E-state index contributed by atoms with van der Waals surface area (Å²) in [6, 6.07) is 3.39. The van der Waals surface area contributed by atoms with Crippen LogP contribution in [-0.2, 0) is 4.79 Å². The summed E-state index contributed by atoms with van der Waals surface area (Å²) in [7, 11) is 0. The van der Waals surface area contributed by atoms with Crippen molar-refractivity contribution in [2.24, 2.45) is 11.7 Å². The highest BCUT2D eigenvalue weighted by Crippen LogP contribution is 2.24. The lowest BCUT2D eigenvalue weighted by atomic mass is 9.85. The molecule has 0 unspecified atom stereocenters. The Hall–Kier alpha value is -1.53. The smallest absolute Gasteiger partial charge is 0.223 e. The van der Waals surface area contributed by atoms with Crippen LogP contribution in [0, 0.1) is 17.6 Å². The average molecular weight is 298 g/mol. The van der Waals surface area contributed by atoms with E-state index in [1.807, 2.05) is 0 Å². The van der Waals surface area contributed by atoms with Gasteiger partial charge < -0.3 is 16.2 Å². The summed E-state index contributed by atoms with van der Waals surface area (Å²) in [5.74, 6) is -2.06. The minimum Gasteiger partial charge on any atom is -0.386 e. The molecule has 116 valence electrons.